The van der Waals surface area contributed by atoms with Gasteiger partial charge in [0.25, 0.3) is 0 Å². The Balaban J connectivity index is 1.96. The quantitative estimate of drug-likeness (QED) is 0.776. The highest BCUT2D eigenvalue weighted by Crippen LogP contribution is 2.32. The molecular weight excluding hydrogens is 240 g/mol. The second kappa shape index (κ2) is 6.68. The van der Waals surface area contributed by atoms with Gasteiger partial charge in [0, 0.05) is 5.69 Å². The summed E-state index contributed by atoms with van der Waals surface area (Å²) in [6.07, 6.45) is 6.51. The van der Waals surface area contributed by atoms with Crippen molar-refractivity contribution < 1.29 is 9.90 Å². The number of carbonyl (C=O) groups excluding carboxylic acids is 1. The van der Waals surface area contributed by atoms with E-state index in [-0.39, 0.29) is 12.5 Å². The molecule has 1 aliphatic rings. The van der Waals surface area contributed by atoms with Gasteiger partial charge in [0.2, 0.25) is 5.91 Å². The lowest BCUT2D eigenvalue weighted by Crippen LogP contribution is -2.38. The Hall–Kier alpha value is -1.39. The second-order valence-corrected chi connectivity index (χ2v) is 5.24. The second-order valence-electron chi connectivity index (χ2n) is 5.24. The topological polar surface area (TPSA) is 75.3 Å². The van der Waals surface area contributed by atoms with Crippen LogP contribution in [0.4, 0.5) is 5.69 Å². The van der Waals surface area contributed by atoms with Gasteiger partial charge in [-0.3, -0.25) is 4.79 Å². The number of nitrogens with two attached hydrogens (primary N) is 1. The highest BCUT2D eigenvalue weighted by molar-refractivity contribution is 5.94. The number of aliphatic hydroxyl groups is 1. The maximum Gasteiger partial charge on any atom is 0.243 e. The molecule has 0 aliphatic heterocycles. The van der Waals surface area contributed by atoms with Crippen LogP contribution in [0.5, 0.6) is 0 Å². The van der Waals surface area contributed by atoms with Gasteiger partial charge in [-0.05, 0) is 36.5 Å². The largest absolute Gasteiger partial charge is 0.394 e. The van der Waals surface area contributed by atoms with E-state index in [9.17, 15) is 4.79 Å². The third-order valence-electron chi connectivity index (χ3n) is 3.79. The number of nitrogens with one attached hydrogen (secondary N) is 1. The normalized spacial score (nSPS) is 18.0. The molecule has 0 aromatic heterocycles. The SMILES string of the molecule is NC(CO)C(=O)Nc1ccc(C2CCCCC2)cc1. The van der Waals surface area contributed by atoms with Crippen molar-refractivity contribution in [1.82, 2.24) is 0 Å². The lowest BCUT2D eigenvalue weighted by atomic mass is 9.84. The molecule has 1 aliphatic carbocycles. The number of anilines is 1. The van der Waals surface area contributed by atoms with Crippen molar-refractivity contribution >= 4 is 11.6 Å². The van der Waals surface area contributed by atoms with E-state index in [0.29, 0.717) is 5.92 Å². The zero-order valence-corrected chi connectivity index (χ0v) is 11.1. The van der Waals surface area contributed by atoms with Crippen LogP contribution in [-0.2, 0) is 4.79 Å². The van der Waals surface area contributed by atoms with Gasteiger partial charge in [-0.2, -0.15) is 0 Å². The van der Waals surface area contributed by atoms with Crippen molar-refractivity contribution in [2.75, 3.05) is 11.9 Å². The Kier molecular flexibility index (Phi) is 4.93. The number of amides is 1. The van der Waals surface area contributed by atoms with Crippen LogP contribution < -0.4 is 11.1 Å². The van der Waals surface area contributed by atoms with Crippen LogP contribution in [0.2, 0.25) is 0 Å². The van der Waals surface area contributed by atoms with E-state index in [1.54, 1.807) is 0 Å². The summed E-state index contributed by atoms with van der Waals surface area (Å²) in [5.74, 6) is 0.311. The first-order chi connectivity index (χ1) is 9.20. The molecule has 0 bridgehead atoms. The Morgan fingerprint density at radius 1 is 1.26 bits per heavy atom. The molecule has 1 unspecified atom stereocenters. The Bertz CT molecular complexity index is 411. The summed E-state index contributed by atoms with van der Waals surface area (Å²) in [5, 5.41) is 11.5. The van der Waals surface area contributed by atoms with Gasteiger partial charge in [0.15, 0.2) is 0 Å². The molecule has 4 N–H and O–H groups in total. The van der Waals surface area contributed by atoms with Crippen LogP contribution in [-0.4, -0.2) is 23.7 Å². The van der Waals surface area contributed by atoms with Crippen LogP contribution in [0.25, 0.3) is 0 Å². The zero-order valence-electron chi connectivity index (χ0n) is 11.1. The molecule has 4 heteroatoms. The summed E-state index contributed by atoms with van der Waals surface area (Å²) in [4.78, 5) is 11.5. The predicted molar refractivity (Wildman–Crippen MR) is 76.0 cm³/mol. The molecule has 1 saturated carbocycles. The fourth-order valence-electron chi connectivity index (χ4n) is 2.59. The van der Waals surface area contributed by atoms with Gasteiger partial charge >= 0.3 is 0 Å². The molecule has 1 aromatic carbocycles. The first kappa shape index (κ1) is 14.0. The third kappa shape index (κ3) is 3.78. The summed E-state index contributed by atoms with van der Waals surface area (Å²) in [5.41, 5.74) is 7.53. The molecule has 0 heterocycles. The lowest BCUT2D eigenvalue weighted by Gasteiger charge is -2.22. The minimum atomic E-state index is -0.863. The van der Waals surface area contributed by atoms with Crippen LogP contribution in [0, 0.1) is 0 Å². The first-order valence-electron chi connectivity index (χ1n) is 6.98. The van der Waals surface area contributed by atoms with Crippen molar-refractivity contribution in [3.8, 4) is 0 Å². The molecule has 1 aromatic rings. The molecule has 1 atom stereocenters. The molecule has 0 saturated heterocycles. The number of hydrogen-bond donors (Lipinski definition) is 3. The van der Waals surface area contributed by atoms with E-state index >= 15 is 0 Å². The summed E-state index contributed by atoms with van der Waals surface area (Å²) in [6, 6.07) is 7.11. The predicted octanol–water partition coefficient (Wildman–Crippen LogP) is 1.99. The smallest absolute Gasteiger partial charge is 0.243 e. The van der Waals surface area contributed by atoms with Gasteiger partial charge in [-0.25, -0.2) is 0 Å². The van der Waals surface area contributed by atoms with Gasteiger partial charge in [0.05, 0.1) is 6.61 Å². The van der Waals surface area contributed by atoms with Crippen molar-refractivity contribution in [2.24, 2.45) is 5.73 Å². The molecular formula is C15H22N2O2. The fraction of sp³-hybridized carbons (Fsp3) is 0.533. The van der Waals surface area contributed by atoms with E-state index in [2.05, 4.69) is 17.4 Å². The third-order valence-corrected chi connectivity index (χ3v) is 3.79. The molecule has 0 radical (unpaired) electrons. The maximum absolute atomic E-state index is 11.5. The van der Waals surface area contributed by atoms with Gasteiger partial charge < -0.3 is 16.2 Å². The van der Waals surface area contributed by atoms with Crippen molar-refractivity contribution in [3.05, 3.63) is 29.8 Å². The van der Waals surface area contributed by atoms with E-state index in [4.69, 9.17) is 10.8 Å². The molecule has 104 valence electrons. The average molecular weight is 262 g/mol. The van der Waals surface area contributed by atoms with Crippen LogP contribution in [0.3, 0.4) is 0 Å². The maximum atomic E-state index is 11.5. The van der Waals surface area contributed by atoms with E-state index in [0.717, 1.165) is 5.69 Å². The number of aliphatic hydroxyl groups excluding tert-OH is 1. The minimum Gasteiger partial charge on any atom is -0.394 e. The number of rotatable bonds is 4. The van der Waals surface area contributed by atoms with Gasteiger partial charge in [0.1, 0.15) is 6.04 Å². The summed E-state index contributed by atoms with van der Waals surface area (Å²) < 4.78 is 0. The monoisotopic (exact) mass is 262 g/mol. The van der Waals surface area contributed by atoms with Gasteiger partial charge in [-0.15, -0.1) is 0 Å². The summed E-state index contributed by atoms with van der Waals surface area (Å²) in [7, 11) is 0. The summed E-state index contributed by atoms with van der Waals surface area (Å²) >= 11 is 0. The van der Waals surface area contributed by atoms with Gasteiger partial charge in [-0.1, -0.05) is 31.4 Å². The molecule has 2 rings (SSSR count). The van der Waals surface area contributed by atoms with Crippen molar-refractivity contribution in [3.63, 3.8) is 0 Å². The Labute approximate surface area is 114 Å². The molecule has 1 fully saturated rings. The lowest BCUT2D eigenvalue weighted by molar-refractivity contribution is -0.118. The van der Waals surface area contributed by atoms with Crippen LogP contribution >= 0.6 is 0 Å². The van der Waals surface area contributed by atoms with Crippen LogP contribution in [0.15, 0.2) is 24.3 Å². The highest BCUT2D eigenvalue weighted by atomic mass is 16.3. The number of benzene rings is 1. The summed E-state index contributed by atoms with van der Waals surface area (Å²) in [6.45, 7) is -0.341. The Morgan fingerprint density at radius 3 is 2.47 bits per heavy atom. The average Bonchev–Trinajstić information content (AvgIpc) is 2.48. The highest BCUT2D eigenvalue weighted by Gasteiger charge is 2.16. The Morgan fingerprint density at radius 2 is 1.89 bits per heavy atom. The number of hydrogen-bond acceptors (Lipinski definition) is 3. The molecule has 4 nitrogen and oxygen atoms in total. The first-order valence-corrected chi connectivity index (χ1v) is 6.98. The van der Waals surface area contributed by atoms with Crippen molar-refractivity contribution in [2.45, 2.75) is 44.1 Å². The minimum absolute atomic E-state index is 0.341. The molecule has 1 amide bonds. The molecule has 0 spiro atoms. The number of carbonyl (C=O) groups is 1. The fourth-order valence-corrected chi connectivity index (χ4v) is 2.59. The van der Waals surface area contributed by atoms with E-state index in [1.807, 2.05) is 12.1 Å². The van der Waals surface area contributed by atoms with E-state index < -0.39 is 6.04 Å². The van der Waals surface area contributed by atoms with E-state index in [1.165, 1.54) is 37.7 Å². The standard InChI is InChI=1S/C15H22N2O2/c16-14(10-18)15(19)17-13-8-6-12(7-9-13)11-4-2-1-3-5-11/h6-9,11,14,18H,1-5,10,16H2,(H,17,19). The van der Waals surface area contributed by atoms with Crippen molar-refractivity contribution in [1.29, 1.82) is 0 Å². The zero-order chi connectivity index (χ0) is 13.7. The van der Waals surface area contributed by atoms with Crippen LogP contribution in [0.1, 0.15) is 43.6 Å². The molecule has 19 heavy (non-hydrogen) atoms.